The van der Waals surface area contributed by atoms with E-state index in [0.29, 0.717) is 6.04 Å². The van der Waals surface area contributed by atoms with Crippen molar-refractivity contribution in [2.45, 2.75) is 36.8 Å². The average Bonchev–Trinajstić information content (AvgIpc) is 2.97. The fourth-order valence-corrected chi connectivity index (χ4v) is 3.97. The second-order valence-electron chi connectivity index (χ2n) is 3.93. The first-order valence-electron chi connectivity index (χ1n) is 5.30. The summed E-state index contributed by atoms with van der Waals surface area (Å²) in [5.74, 6) is 1.08. The molecule has 1 saturated carbocycles. The lowest BCUT2D eigenvalue weighted by atomic mass is 10.4. The topological polar surface area (TPSA) is 29.1 Å². The normalized spacial score (nSPS) is 17.1. The molecular formula is C11H14BrNOS2. The average molecular weight is 320 g/mol. The van der Waals surface area contributed by atoms with E-state index in [-0.39, 0.29) is 11.2 Å². The van der Waals surface area contributed by atoms with Crippen LogP contribution in [0.1, 0.15) is 24.6 Å². The number of hydrogen-bond donors (Lipinski definition) is 1. The van der Waals surface area contributed by atoms with Crippen molar-refractivity contribution in [2.75, 3.05) is 0 Å². The number of hydrogen-bond acceptors (Lipinski definition) is 3. The van der Waals surface area contributed by atoms with Crippen molar-refractivity contribution in [1.82, 2.24) is 5.32 Å². The molecule has 1 aliphatic carbocycles. The monoisotopic (exact) mass is 319 g/mol. The van der Waals surface area contributed by atoms with E-state index in [1.807, 2.05) is 6.92 Å². The first-order valence-corrected chi connectivity index (χ1v) is 8.03. The second-order valence-corrected chi connectivity index (χ2v) is 7.11. The van der Waals surface area contributed by atoms with E-state index >= 15 is 0 Å². The molecule has 0 saturated heterocycles. The molecule has 2 rings (SSSR count). The first-order chi connectivity index (χ1) is 7.66. The van der Waals surface area contributed by atoms with Crippen LogP contribution in [-0.4, -0.2) is 17.2 Å². The van der Waals surface area contributed by atoms with E-state index in [0.717, 1.165) is 23.1 Å². The van der Waals surface area contributed by atoms with E-state index in [9.17, 15) is 4.79 Å². The highest BCUT2D eigenvalue weighted by Gasteiger charge is 2.25. The third-order valence-corrected chi connectivity index (χ3v) is 5.73. The summed E-state index contributed by atoms with van der Waals surface area (Å²) < 4.78 is 1.15. The number of thioether (sulfide) groups is 1. The van der Waals surface area contributed by atoms with Gasteiger partial charge in [0.15, 0.2) is 0 Å². The minimum absolute atomic E-state index is 0.0367. The van der Waals surface area contributed by atoms with Crippen molar-refractivity contribution in [2.24, 2.45) is 0 Å². The molecule has 0 spiro atoms. The van der Waals surface area contributed by atoms with E-state index in [2.05, 4.69) is 32.7 Å². The van der Waals surface area contributed by atoms with Gasteiger partial charge in [0.1, 0.15) is 0 Å². The van der Waals surface area contributed by atoms with Gasteiger partial charge in [0, 0.05) is 21.1 Å². The van der Waals surface area contributed by atoms with Gasteiger partial charge >= 0.3 is 0 Å². The Morgan fingerprint density at radius 2 is 2.50 bits per heavy atom. The third kappa shape index (κ3) is 3.50. The van der Waals surface area contributed by atoms with Crippen molar-refractivity contribution in [3.63, 3.8) is 0 Å². The quantitative estimate of drug-likeness (QED) is 0.901. The third-order valence-electron chi connectivity index (χ3n) is 2.45. The highest BCUT2D eigenvalue weighted by molar-refractivity contribution is 9.10. The molecule has 1 unspecified atom stereocenters. The number of rotatable bonds is 5. The van der Waals surface area contributed by atoms with E-state index in [1.165, 1.54) is 4.88 Å². The Bertz CT molecular complexity index is 376. The van der Waals surface area contributed by atoms with Crippen LogP contribution in [0, 0.1) is 0 Å². The molecule has 0 radical (unpaired) electrons. The van der Waals surface area contributed by atoms with E-state index in [4.69, 9.17) is 0 Å². The van der Waals surface area contributed by atoms with Crippen molar-refractivity contribution in [3.8, 4) is 0 Å². The lowest BCUT2D eigenvalue weighted by Crippen LogP contribution is -2.32. The van der Waals surface area contributed by atoms with Gasteiger partial charge in [-0.05, 0) is 47.1 Å². The van der Waals surface area contributed by atoms with Crippen LogP contribution in [0.25, 0.3) is 0 Å². The molecule has 1 atom stereocenters. The molecule has 1 aliphatic rings. The van der Waals surface area contributed by atoms with Crippen LogP contribution in [0.3, 0.4) is 0 Å². The molecule has 16 heavy (non-hydrogen) atoms. The smallest absolute Gasteiger partial charge is 0.233 e. The Labute approximate surface area is 112 Å². The number of halogens is 1. The molecule has 5 heteroatoms. The van der Waals surface area contributed by atoms with Crippen molar-refractivity contribution in [3.05, 3.63) is 20.8 Å². The molecule has 0 bridgehead atoms. The fraction of sp³-hybridized carbons (Fsp3) is 0.545. The summed E-state index contributed by atoms with van der Waals surface area (Å²) in [6.45, 7) is 1.98. The standard InChI is InChI=1S/C11H14BrNOS2/c1-7(11(14)13-8-2-3-8)16-6-10-9(12)4-5-15-10/h4-5,7-8H,2-3,6H2,1H3,(H,13,14). The van der Waals surface area contributed by atoms with Crippen LogP contribution in [0.5, 0.6) is 0 Å². The van der Waals surface area contributed by atoms with Gasteiger partial charge in [-0.15, -0.1) is 23.1 Å². The Balaban J connectivity index is 1.76. The molecule has 1 N–H and O–H groups in total. The number of thiophene rings is 1. The molecule has 0 aliphatic heterocycles. The maximum Gasteiger partial charge on any atom is 0.233 e. The molecule has 1 heterocycles. The molecule has 1 aromatic heterocycles. The predicted octanol–water partition coefficient (Wildman–Crippen LogP) is 3.41. The SMILES string of the molecule is CC(SCc1sccc1Br)C(=O)NC1CC1. The summed E-state index contributed by atoms with van der Waals surface area (Å²) in [5, 5.41) is 5.13. The van der Waals surface area contributed by atoms with Crippen LogP contribution in [0.2, 0.25) is 0 Å². The Kier molecular flexibility index (Phi) is 4.33. The summed E-state index contributed by atoms with van der Waals surface area (Å²) in [6, 6.07) is 2.51. The maximum absolute atomic E-state index is 11.7. The van der Waals surface area contributed by atoms with Crippen LogP contribution < -0.4 is 5.32 Å². The zero-order valence-corrected chi connectivity index (χ0v) is 12.3. The number of nitrogens with one attached hydrogen (secondary N) is 1. The highest BCUT2D eigenvalue weighted by Crippen LogP contribution is 2.29. The minimum atomic E-state index is 0.0367. The fourth-order valence-electron chi connectivity index (χ4n) is 1.25. The first kappa shape index (κ1) is 12.5. The summed E-state index contributed by atoms with van der Waals surface area (Å²) in [7, 11) is 0. The zero-order valence-electron chi connectivity index (χ0n) is 9.03. The summed E-state index contributed by atoms with van der Waals surface area (Å²) in [4.78, 5) is 13.0. The van der Waals surface area contributed by atoms with Gasteiger partial charge in [0.2, 0.25) is 5.91 Å². The highest BCUT2D eigenvalue weighted by atomic mass is 79.9. The summed E-state index contributed by atoms with van der Waals surface area (Å²) in [5.41, 5.74) is 0. The molecule has 2 nitrogen and oxygen atoms in total. The van der Waals surface area contributed by atoms with Gasteiger partial charge in [-0.1, -0.05) is 0 Å². The number of carbonyl (C=O) groups is 1. The summed E-state index contributed by atoms with van der Waals surface area (Å²) in [6.07, 6.45) is 2.30. The van der Waals surface area contributed by atoms with Crippen LogP contribution >= 0.6 is 39.0 Å². The van der Waals surface area contributed by atoms with Crippen molar-refractivity contribution >= 4 is 44.9 Å². The Morgan fingerprint density at radius 1 is 1.75 bits per heavy atom. The van der Waals surface area contributed by atoms with Gasteiger partial charge in [-0.3, -0.25) is 4.79 Å². The molecular weight excluding hydrogens is 306 g/mol. The van der Waals surface area contributed by atoms with Crippen molar-refractivity contribution < 1.29 is 4.79 Å². The van der Waals surface area contributed by atoms with Crippen molar-refractivity contribution in [1.29, 1.82) is 0 Å². The van der Waals surface area contributed by atoms with Gasteiger partial charge < -0.3 is 5.32 Å². The predicted molar refractivity (Wildman–Crippen MR) is 73.9 cm³/mol. The molecule has 1 amide bonds. The Morgan fingerprint density at radius 3 is 3.06 bits per heavy atom. The largest absolute Gasteiger partial charge is 0.352 e. The zero-order chi connectivity index (χ0) is 11.5. The summed E-state index contributed by atoms with van der Waals surface area (Å²) >= 11 is 6.92. The lowest BCUT2D eigenvalue weighted by Gasteiger charge is -2.10. The van der Waals surface area contributed by atoms with Gasteiger partial charge in [0.25, 0.3) is 0 Å². The maximum atomic E-state index is 11.7. The molecule has 1 aromatic rings. The van der Waals surface area contributed by atoms with Crippen LogP contribution in [-0.2, 0) is 10.5 Å². The minimum Gasteiger partial charge on any atom is -0.352 e. The number of amides is 1. The van der Waals surface area contributed by atoms with Crippen LogP contribution in [0.4, 0.5) is 0 Å². The lowest BCUT2D eigenvalue weighted by molar-refractivity contribution is -0.120. The van der Waals surface area contributed by atoms with E-state index in [1.54, 1.807) is 23.1 Å². The van der Waals surface area contributed by atoms with Crippen LogP contribution in [0.15, 0.2) is 15.9 Å². The molecule has 88 valence electrons. The van der Waals surface area contributed by atoms with Gasteiger partial charge in [-0.25, -0.2) is 0 Å². The Hall–Kier alpha value is -0.000000000000000111. The second kappa shape index (κ2) is 5.56. The van der Waals surface area contributed by atoms with Gasteiger partial charge in [-0.2, -0.15) is 0 Å². The van der Waals surface area contributed by atoms with E-state index < -0.39 is 0 Å². The molecule has 1 fully saturated rings. The molecule has 0 aromatic carbocycles. The van der Waals surface area contributed by atoms with Gasteiger partial charge in [0.05, 0.1) is 5.25 Å². The number of carbonyl (C=O) groups excluding carboxylic acids is 1.